The number of carbonyl (C=O) groups excluding carboxylic acids is 1. The molecule has 1 unspecified atom stereocenters. The molecule has 0 bridgehead atoms. The Morgan fingerprint density at radius 1 is 1.20 bits per heavy atom. The predicted octanol–water partition coefficient (Wildman–Crippen LogP) is 5.32. The van der Waals surface area contributed by atoms with Crippen LogP contribution in [-0.2, 0) is 11.3 Å². The van der Waals surface area contributed by atoms with Crippen molar-refractivity contribution >= 4 is 39.1 Å². The van der Waals surface area contributed by atoms with Gasteiger partial charge < -0.3 is 5.32 Å². The number of aromatic nitrogens is 3. The van der Waals surface area contributed by atoms with Crippen LogP contribution in [-0.4, -0.2) is 26.4 Å². The van der Waals surface area contributed by atoms with Gasteiger partial charge in [-0.2, -0.15) is 0 Å². The van der Waals surface area contributed by atoms with Crippen LogP contribution in [0.3, 0.4) is 0 Å². The molecular formula is C23H22N4OS2. The van der Waals surface area contributed by atoms with Crippen LogP contribution in [0.25, 0.3) is 21.5 Å². The average Bonchev–Trinajstić information content (AvgIpc) is 3.37. The molecule has 0 aliphatic heterocycles. The number of nitrogens with one attached hydrogen (secondary N) is 1. The zero-order valence-corrected chi connectivity index (χ0v) is 18.2. The Morgan fingerprint density at radius 2 is 1.97 bits per heavy atom. The second-order valence-corrected chi connectivity index (χ2v) is 8.69. The van der Waals surface area contributed by atoms with E-state index in [2.05, 4.69) is 39.6 Å². The first-order valence-corrected chi connectivity index (χ1v) is 11.5. The molecule has 1 atom stereocenters. The number of benzene rings is 2. The van der Waals surface area contributed by atoms with Gasteiger partial charge in [-0.25, -0.2) is 0 Å². The van der Waals surface area contributed by atoms with Crippen molar-refractivity contribution in [3.63, 3.8) is 0 Å². The van der Waals surface area contributed by atoms with Gasteiger partial charge in [-0.05, 0) is 18.6 Å². The number of thioether (sulfide) groups is 1. The third-order valence-electron chi connectivity index (χ3n) is 4.76. The minimum atomic E-state index is -0.0434. The van der Waals surface area contributed by atoms with Crippen LogP contribution < -0.4 is 5.32 Å². The number of amides is 1. The lowest BCUT2D eigenvalue weighted by Crippen LogP contribution is -2.28. The van der Waals surface area contributed by atoms with Crippen molar-refractivity contribution in [3.05, 3.63) is 78.2 Å². The Hall–Kier alpha value is -2.90. The van der Waals surface area contributed by atoms with Crippen LogP contribution in [0.4, 0.5) is 0 Å². The van der Waals surface area contributed by atoms with Gasteiger partial charge in [-0.3, -0.25) is 9.36 Å². The lowest BCUT2D eigenvalue weighted by molar-refractivity contribution is -0.119. The summed E-state index contributed by atoms with van der Waals surface area (Å²) in [5.41, 5.74) is 2.14. The van der Waals surface area contributed by atoms with Crippen LogP contribution in [0.1, 0.15) is 18.5 Å². The van der Waals surface area contributed by atoms with Crippen molar-refractivity contribution in [3.8, 4) is 11.4 Å². The Morgan fingerprint density at radius 3 is 2.77 bits per heavy atom. The van der Waals surface area contributed by atoms with E-state index in [-0.39, 0.29) is 17.7 Å². The maximum absolute atomic E-state index is 12.5. The van der Waals surface area contributed by atoms with E-state index in [1.165, 1.54) is 16.5 Å². The fraction of sp³-hybridized carbons (Fsp3) is 0.174. The molecule has 0 aliphatic carbocycles. The van der Waals surface area contributed by atoms with Crippen LogP contribution in [0.5, 0.6) is 0 Å². The minimum absolute atomic E-state index is 0.0351. The second-order valence-electron chi connectivity index (χ2n) is 6.84. The standard InChI is InChI=1S/C23H22N4OS2/c1-3-13-27-22(19-14-29-20-12-8-7-11-18(19)20)25-26-23(27)30-15-21(28)24-16(2)17-9-5-4-6-10-17/h3-12,14,16H,1,13,15H2,2H3,(H,24,28). The molecule has 0 aliphatic rings. The first-order valence-electron chi connectivity index (χ1n) is 9.65. The molecular weight excluding hydrogens is 412 g/mol. The minimum Gasteiger partial charge on any atom is -0.349 e. The van der Waals surface area contributed by atoms with E-state index in [0.29, 0.717) is 11.7 Å². The molecule has 30 heavy (non-hydrogen) atoms. The van der Waals surface area contributed by atoms with E-state index in [1.54, 1.807) is 11.3 Å². The molecule has 2 aromatic carbocycles. The van der Waals surface area contributed by atoms with Crippen molar-refractivity contribution in [2.75, 3.05) is 5.75 Å². The van der Waals surface area contributed by atoms with Gasteiger partial charge in [0, 0.05) is 27.6 Å². The average molecular weight is 435 g/mol. The molecule has 1 N–H and O–H groups in total. The van der Waals surface area contributed by atoms with Crippen LogP contribution in [0.15, 0.2) is 77.8 Å². The number of hydrogen-bond donors (Lipinski definition) is 1. The van der Waals surface area contributed by atoms with Gasteiger partial charge in [0.25, 0.3) is 0 Å². The Kier molecular flexibility index (Phi) is 6.30. The van der Waals surface area contributed by atoms with E-state index >= 15 is 0 Å². The van der Waals surface area contributed by atoms with Crippen molar-refractivity contribution in [2.24, 2.45) is 0 Å². The number of thiophene rings is 1. The Labute approximate surface area is 183 Å². The number of rotatable bonds is 8. The number of hydrogen-bond acceptors (Lipinski definition) is 5. The molecule has 2 heterocycles. The second kappa shape index (κ2) is 9.28. The fourth-order valence-electron chi connectivity index (χ4n) is 3.28. The van der Waals surface area contributed by atoms with Crippen molar-refractivity contribution in [2.45, 2.75) is 24.7 Å². The van der Waals surface area contributed by atoms with Gasteiger partial charge in [0.2, 0.25) is 5.91 Å². The number of allylic oxidation sites excluding steroid dienone is 1. The summed E-state index contributed by atoms with van der Waals surface area (Å²) in [6.07, 6.45) is 1.82. The number of nitrogens with zero attached hydrogens (tertiary/aromatic N) is 3. The summed E-state index contributed by atoms with van der Waals surface area (Å²) in [5.74, 6) is 1.04. The van der Waals surface area contributed by atoms with E-state index in [4.69, 9.17) is 0 Å². The Balaban J connectivity index is 1.49. The molecule has 0 radical (unpaired) electrons. The molecule has 0 saturated carbocycles. The first-order chi connectivity index (χ1) is 14.7. The molecule has 5 nitrogen and oxygen atoms in total. The topological polar surface area (TPSA) is 59.8 Å². The number of fused-ring (bicyclic) bond motifs is 1. The predicted molar refractivity (Wildman–Crippen MR) is 125 cm³/mol. The molecule has 4 aromatic rings. The lowest BCUT2D eigenvalue weighted by atomic mass is 10.1. The zero-order chi connectivity index (χ0) is 20.9. The van der Waals surface area contributed by atoms with Crippen LogP contribution >= 0.6 is 23.1 Å². The molecule has 0 spiro atoms. The summed E-state index contributed by atoms with van der Waals surface area (Å²) in [7, 11) is 0. The highest BCUT2D eigenvalue weighted by Crippen LogP contribution is 2.34. The summed E-state index contributed by atoms with van der Waals surface area (Å²) in [5, 5.41) is 15.8. The van der Waals surface area contributed by atoms with Crippen LogP contribution in [0.2, 0.25) is 0 Å². The van der Waals surface area contributed by atoms with Crippen molar-refractivity contribution in [1.29, 1.82) is 0 Å². The highest BCUT2D eigenvalue weighted by Gasteiger charge is 2.18. The maximum Gasteiger partial charge on any atom is 0.230 e. The molecule has 4 rings (SSSR count). The van der Waals surface area contributed by atoms with Crippen molar-refractivity contribution < 1.29 is 4.79 Å². The van der Waals surface area contributed by atoms with Gasteiger partial charge in [-0.1, -0.05) is 66.4 Å². The van der Waals surface area contributed by atoms with Crippen LogP contribution in [0, 0.1) is 0 Å². The smallest absolute Gasteiger partial charge is 0.230 e. The summed E-state index contributed by atoms with van der Waals surface area (Å²) < 4.78 is 3.23. The highest BCUT2D eigenvalue weighted by atomic mass is 32.2. The summed E-state index contributed by atoms with van der Waals surface area (Å²) in [4.78, 5) is 12.5. The van der Waals surface area contributed by atoms with E-state index in [9.17, 15) is 4.79 Å². The monoisotopic (exact) mass is 434 g/mol. The Bertz CT molecular complexity index is 1170. The van der Waals surface area contributed by atoms with Crippen molar-refractivity contribution in [1.82, 2.24) is 20.1 Å². The molecule has 0 saturated heterocycles. The molecule has 0 fully saturated rings. The first kappa shape index (κ1) is 20.4. The molecule has 7 heteroatoms. The summed E-state index contributed by atoms with van der Waals surface area (Å²) in [6.45, 7) is 6.43. The highest BCUT2D eigenvalue weighted by molar-refractivity contribution is 7.99. The van der Waals surface area contributed by atoms with E-state index < -0.39 is 0 Å². The van der Waals surface area contributed by atoms with Gasteiger partial charge in [0.1, 0.15) is 0 Å². The van der Waals surface area contributed by atoms with E-state index in [0.717, 1.165) is 22.3 Å². The molecule has 2 aromatic heterocycles. The fourth-order valence-corrected chi connectivity index (χ4v) is 4.98. The largest absolute Gasteiger partial charge is 0.349 e. The summed E-state index contributed by atoms with van der Waals surface area (Å²) >= 11 is 3.08. The van der Waals surface area contributed by atoms with Gasteiger partial charge in [0.05, 0.1) is 11.8 Å². The van der Waals surface area contributed by atoms with Gasteiger partial charge >= 0.3 is 0 Å². The normalized spacial score (nSPS) is 12.0. The van der Waals surface area contributed by atoms with Gasteiger partial charge in [0.15, 0.2) is 11.0 Å². The third-order valence-corrected chi connectivity index (χ3v) is 6.69. The molecule has 152 valence electrons. The summed E-state index contributed by atoms with van der Waals surface area (Å²) in [6, 6.07) is 18.2. The maximum atomic E-state index is 12.5. The third kappa shape index (κ3) is 4.32. The number of carbonyl (C=O) groups is 1. The quantitative estimate of drug-likeness (QED) is 0.301. The molecule has 1 amide bonds. The van der Waals surface area contributed by atoms with Gasteiger partial charge in [-0.15, -0.1) is 28.1 Å². The lowest BCUT2D eigenvalue weighted by Gasteiger charge is -2.14. The SMILES string of the molecule is C=CCn1c(SCC(=O)NC(C)c2ccccc2)nnc1-c1csc2ccccc12. The zero-order valence-electron chi connectivity index (χ0n) is 16.6. The van der Waals surface area contributed by atoms with E-state index in [1.807, 2.05) is 60.0 Å².